The van der Waals surface area contributed by atoms with Crippen molar-refractivity contribution in [2.45, 2.75) is 130 Å². The molecule has 0 N–H and O–H groups in total. The lowest BCUT2D eigenvalue weighted by Gasteiger charge is -2.24. The van der Waals surface area contributed by atoms with Gasteiger partial charge < -0.3 is 14.2 Å². The van der Waals surface area contributed by atoms with Gasteiger partial charge in [0.15, 0.2) is 0 Å². The lowest BCUT2D eigenvalue weighted by Crippen LogP contribution is -2.36. The van der Waals surface area contributed by atoms with Gasteiger partial charge >= 0.3 is 0 Å². The first-order valence-electron chi connectivity index (χ1n) is 14.0. The van der Waals surface area contributed by atoms with Gasteiger partial charge in [-0.3, -0.25) is 4.79 Å². The van der Waals surface area contributed by atoms with Crippen molar-refractivity contribution in [3.05, 3.63) is 0 Å². The van der Waals surface area contributed by atoms with Crippen molar-refractivity contribution in [2.75, 3.05) is 38.4 Å². The van der Waals surface area contributed by atoms with E-state index in [0.29, 0.717) is 0 Å². The van der Waals surface area contributed by atoms with Gasteiger partial charge in [-0.25, -0.2) is 0 Å². The van der Waals surface area contributed by atoms with Crippen LogP contribution in [0.2, 0.25) is 0 Å². The summed E-state index contributed by atoms with van der Waals surface area (Å²) in [7, 11) is -2.31. The fraction of sp³-hybridized carbons (Fsp3) is 0.963. The standard InChI is InChI=1S/C27H56NO3P/c1-5-9-13-15-17-19-21-28(22-20-18-16-14-10-6-2)27(29)25-31-26-32(30,23-11-7-3)24-12-8-4/h5-26H2,1-4H3. The molecule has 0 heterocycles. The maximum Gasteiger partial charge on any atom is 0.248 e. The quantitative estimate of drug-likeness (QED) is 0.104. The molecule has 0 aromatic carbocycles. The van der Waals surface area contributed by atoms with Crippen LogP contribution in [-0.2, 0) is 14.1 Å². The number of amides is 1. The zero-order valence-electron chi connectivity index (χ0n) is 22.2. The molecule has 0 saturated heterocycles. The predicted octanol–water partition coefficient (Wildman–Crippen LogP) is 8.47. The van der Waals surface area contributed by atoms with Crippen molar-refractivity contribution in [2.24, 2.45) is 0 Å². The van der Waals surface area contributed by atoms with Crippen LogP contribution >= 0.6 is 7.14 Å². The van der Waals surface area contributed by atoms with E-state index >= 15 is 0 Å². The minimum atomic E-state index is -2.31. The highest BCUT2D eigenvalue weighted by Gasteiger charge is 2.22. The Bertz CT molecular complexity index is 442. The number of rotatable bonds is 24. The van der Waals surface area contributed by atoms with E-state index in [4.69, 9.17) is 4.74 Å². The van der Waals surface area contributed by atoms with Crippen LogP contribution in [0.1, 0.15) is 130 Å². The average Bonchev–Trinajstić information content (AvgIpc) is 2.79. The summed E-state index contributed by atoms with van der Waals surface area (Å²) in [5.74, 6) is 0.0876. The fourth-order valence-corrected chi connectivity index (χ4v) is 6.74. The van der Waals surface area contributed by atoms with Gasteiger partial charge in [0.2, 0.25) is 5.91 Å². The molecule has 192 valence electrons. The molecule has 0 aliphatic rings. The molecular weight excluding hydrogens is 417 g/mol. The molecule has 0 unspecified atom stereocenters. The van der Waals surface area contributed by atoms with Gasteiger partial charge in [-0.2, -0.15) is 0 Å². The number of ether oxygens (including phenoxy) is 1. The van der Waals surface area contributed by atoms with E-state index in [1.807, 2.05) is 4.90 Å². The lowest BCUT2D eigenvalue weighted by molar-refractivity contribution is -0.135. The fourth-order valence-electron chi connectivity index (χ4n) is 4.05. The van der Waals surface area contributed by atoms with Crippen LogP contribution in [0.3, 0.4) is 0 Å². The molecule has 4 nitrogen and oxygen atoms in total. The molecule has 0 atom stereocenters. The van der Waals surface area contributed by atoms with Crippen molar-refractivity contribution >= 4 is 13.0 Å². The summed E-state index contributed by atoms with van der Waals surface area (Å²) in [5, 5.41) is 0. The minimum Gasteiger partial charge on any atom is -0.364 e. The van der Waals surface area contributed by atoms with Gasteiger partial charge in [-0.05, 0) is 25.7 Å². The number of carbonyl (C=O) groups is 1. The van der Waals surface area contributed by atoms with Crippen LogP contribution in [0, 0.1) is 0 Å². The third-order valence-corrected chi connectivity index (χ3v) is 9.22. The van der Waals surface area contributed by atoms with Gasteiger partial charge in [0, 0.05) is 25.4 Å². The summed E-state index contributed by atoms with van der Waals surface area (Å²) in [6.45, 7) is 10.5. The van der Waals surface area contributed by atoms with E-state index in [1.54, 1.807) is 0 Å². The van der Waals surface area contributed by atoms with Gasteiger partial charge in [0.05, 0.1) is 0 Å². The second-order valence-electron chi connectivity index (χ2n) is 9.61. The van der Waals surface area contributed by atoms with E-state index in [0.717, 1.165) is 63.9 Å². The van der Waals surface area contributed by atoms with E-state index in [9.17, 15) is 9.36 Å². The summed E-state index contributed by atoms with van der Waals surface area (Å²) in [5.41, 5.74) is 0. The first kappa shape index (κ1) is 31.7. The van der Waals surface area contributed by atoms with E-state index in [-0.39, 0.29) is 18.9 Å². The van der Waals surface area contributed by atoms with Gasteiger partial charge in [0.25, 0.3) is 0 Å². The number of hydrogen-bond donors (Lipinski definition) is 0. The largest absolute Gasteiger partial charge is 0.364 e. The van der Waals surface area contributed by atoms with Crippen molar-refractivity contribution < 1.29 is 14.1 Å². The van der Waals surface area contributed by atoms with Crippen molar-refractivity contribution in [1.29, 1.82) is 0 Å². The van der Waals surface area contributed by atoms with Crippen LogP contribution in [0.15, 0.2) is 0 Å². The first-order valence-corrected chi connectivity index (χ1v) is 16.2. The Hall–Kier alpha value is -0.340. The Morgan fingerprint density at radius 1 is 0.625 bits per heavy atom. The Morgan fingerprint density at radius 2 is 1.03 bits per heavy atom. The van der Waals surface area contributed by atoms with E-state index in [2.05, 4.69) is 27.7 Å². The Labute approximate surface area is 201 Å². The molecule has 32 heavy (non-hydrogen) atoms. The third-order valence-electron chi connectivity index (χ3n) is 6.31. The topological polar surface area (TPSA) is 46.6 Å². The van der Waals surface area contributed by atoms with Crippen LogP contribution in [0.5, 0.6) is 0 Å². The summed E-state index contributed by atoms with van der Waals surface area (Å²) in [6.07, 6.45) is 20.7. The van der Waals surface area contributed by atoms with Crippen LogP contribution < -0.4 is 0 Å². The lowest BCUT2D eigenvalue weighted by atomic mass is 10.1. The highest BCUT2D eigenvalue weighted by molar-refractivity contribution is 7.63. The number of unbranched alkanes of at least 4 members (excludes halogenated alkanes) is 12. The van der Waals surface area contributed by atoms with Crippen molar-refractivity contribution in [3.8, 4) is 0 Å². The highest BCUT2D eigenvalue weighted by atomic mass is 31.2. The Morgan fingerprint density at radius 3 is 1.47 bits per heavy atom. The van der Waals surface area contributed by atoms with Crippen molar-refractivity contribution in [1.82, 2.24) is 4.90 Å². The number of nitrogens with zero attached hydrogens (tertiary/aromatic N) is 1. The zero-order chi connectivity index (χ0) is 23.9. The smallest absolute Gasteiger partial charge is 0.248 e. The predicted molar refractivity (Wildman–Crippen MR) is 141 cm³/mol. The van der Waals surface area contributed by atoms with Gasteiger partial charge in [-0.1, -0.05) is 105 Å². The summed E-state index contributed by atoms with van der Waals surface area (Å²) in [4.78, 5) is 14.9. The minimum absolute atomic E-state index is 0.0876. The second-order valence-corrected chi connectivity index (χ2v) is 12.9. The molecule has 0 aliphatic heterocycles. The molecular formula is C27H56NO3P. The monoisotopic (exact) mass is 473 g/mol. The maximum atomic E-state index is 13.2. The molecule has 0 bridgehead atoms. The van der Waals surface area contributed by atoms with Gasteiger partial charge in [0.1, 0.15) is 20.1 Å². The Kier molecular flexibility index (Phi) is 22.2. The molecule has 1 amide bonds. The zero-order valence-corrected chi connectivity index (χ0v) is 23.1. The Balaban J connectivity index is 4.53. The molecule has 0 saturated carbocycles. The van der Waals surface area contributed by atoms with Crippen molar-refractivity contribution in [3.63, 3.8) is 0 Å². The van der Waals surface area contributed by atoms with E-state index < -0.39 is 7.14 Å². The van der Waals surface area contributed by atoms with Crippen LogP contribution in [0.25, 0.3) is 0 Å². The molecule has 0 aliphatic carbocycles. The molecule has 5 heteroatoms. The molecule has 0 rings (SSSR count). The first-order chi connectivity index (χ1) is 15.5. The summed E-state index contributed by atoms with van der Waals surface area (Å²) in [6, 6.07) is 0. The molecule has 0 fully saturated rings. The SMILES string of the molecule is CCCCCCCCN(CCCCCCCC)C(=O)COCP(=O)(CCCC)CCCC. The molecule has 0 aromatic rings. The number of hydrogen-bond acceptors (Lipinski definition) is 3. The number of carbonyl (C=O) groups excluding carboxylic acids is 1. The molecule has 0 spiro atoms. The van der Waals surface area contributed by atoms with Gasteiger partial charge in [-0.15, -0.1) is 0 Å². The maximum absolute atomic E-state index is 13.2. The third kappa shape index (κ3) is 18.1. The summed E-state index contributed by atoms with van der Waals surface area (Å²) >= 11 is 0. The summed E-state index contributed by atoms with van der Waals surface area (Å²) < 4.78 is 19.0. The van der Waals surface area contributed by atoms with Crippen LogP contribution in [0.4, 0.5) is 0 Å². The molecule has 0 radical (unpaired) electrons. The second kappa shape index (κ2) is 22.5. The normalized spacial score (nSPS) is 11.8. The average molecular weight is 474 g/mol. The molecule has 0 aromatic heterocycles. The highest BCUT2D eigenvalue weighted by Crippen LogP contribution is 2.47. The van der Waals surface area contributed by atoms with Crippen LogP contribution in [-0.4, -0.2) is 49.2 Å². The van der Waals surface area contributed by atoms with E-state index in [1.165, 1.54) is 64.2 Å².